The molecule has 5 rings (SSSR count). The van der Waals surface area contributed by atoms with Crippen molar-refractivity contribution in [1.82, 2.24) is 19.1 Å². The lowest BCUT2D eigenvalue weighted by Gasteiger charge is -2.35. The molecule has 0 atom stereocenters. The summed E-state index contributed by atoms with van der Waals surface area (Å²) in [6.07, 6.45) is 4.11. The highest BCUT2D eigenvalue weighted by Crippen LogP contribution is 2.28. The van der Waals surface area contributed by atoms with E-state index in [4.69, 9.17) is 4.74 Å². The van der Waals surface area contributed by atoms with E-state index < -0.39 is 10.0 Å². The number of benzene rings is 2. The smallest absolute Gasteiger partial charge is 0.243 e. The van der Waals surface area contributed by atoms with E-state index in [1.807, 2.05) is 61.7 Å². The van der Waals surface area contributed by atoms with Crippen molar-refractivity contribution in [2.75, 3.05) is 19.0 Å². The summed E-state index contributed by atoms with van der Waals surface area (Å²) in [5.74, 6) is 0.791. The summed E-state index contributed by atoms with van der Waals surface area (Å²) >= 11 is 0. The lowest BCUT2D eigenvalue weighted by atomic mass is 9.89. The quantitative estimate of drug-likeness (QED) is 0.377. The minimum Gasteiger partial charge on any atom is -0.378 e. The molecule has 1 aliphatic carbocycles. The normalized spacial score (nSPS) is 18.0. The van der Waals surface area contributed by atoms with E-state index in [-0.39, 0.29) is 11.4 Å². The van der Waals surface area contributed by atoms with E-state index in [9.17, 15) is 8.42 Å². The molecule has 9 heteroatoms. The van der Waals surface area contributed by atoms with Crippen LogP contribution in [0.5, 0.6) is 0 Å². The lowest BCUT2D eigenvalue weighted by Crippen LogP contribution is -2.41. The highest BCUT2D eigenvalue weighted by Gasteiger charge is 2.29. The van der Waals surface area contributed by atoms with E-state index >= 15 is 0 Å². The number of pyridine rings is 1. The van der Waals surface area contributed by atoms with Gasteiger partial charge in [0.2, 0.25) is 10.0 Å². The Morgan fingerprint density at radius 3 is 2.66 bits per heavy atom. The van der Waals surface area contributed by atoms with Crippen molar-refractivity contribution in [3.05, 3.63) is 78.6 Å². The number of para-hydroxylation sites is 1. The highest BCUT2D eigenvalue weighted by atomic mass is 32.2. The van der Waals surface area contributed by atoms with Crippen LogP contribution in [0, 0.1) is 0 Å². The molecular formula is C26H29N5O3S. The average molecular weight is 492 g/mol. The van der Waals surface area contributed by atoms with Crippen molar-refractivity contribution in [1.29, 1.82) is 0 Å². The molecule has 0 spiro atoms. The zero-order chi connectivity index (χ0) is 24.4. The molecule has 4 aromatic rings. The van der Waals surface area contributed by atoms with Gasteiger partial charge in [0.1, 0.15) is 5.82 Å². The molecule has 1 N–H and O–H groups in total. The largest absolute Gasteiger partial charge is 0.378 e. The maximum atomic E-state index is 13.2. The van der Waals surface area contributed by atoms with Gasteiger partial charge in [-0.25, -0.2) is 18.1 Å². The van der Waals surface area contributed by atoms with Crippen LogP contribution >= 0.6 is 0 Å². The van der Waals surface area contributed by atoms with Crippen LogP contribution in [-0.2, 0) is 21.3 Å². The summed E-state index contributed by atoms with van der Waals surface area (Å²) in [5, 5.41) is 8.74. The number of hydrogen-bond donors (Lipinski definition) is 1. The first-order chi connectivity index (χ1) is 16.9. The molecule has 182 valence electrons. The average Bonchev–Trinajstić information content (AvgIpc) is 3.31. The Bertz CT molecular complexity index is 1420. The second-order valence-electron chi connectivity index (χ2n) is 8.79. The monoisotopic (exact) mass is 491 g/mol. The fourth-order valence-electron chi connectivity index (χ4n) is 4.27. The molecule has 35 heavy (non-hydrogen) atoms. The molecule has 0 aliphatic heterocycles. The second-order valence-corrected chi connectivity index (χ2v) is 10.8. The Hall–Kier alpha value is -3.27. The van der Waals surface area contributed by atoms with Crippen LogP contribution in [0.2, 0.25) is 0 Å². The van der Waals surface area contributed by atoms with Gasteiger partial charge in [0.25, 0.3) is 0 Å². The molecule has 0 bridgehead atoms. The van der Waals surface area contributed by atoms with Crippen LogP contribution in [-0.4, -0.2) is 53.3 Å². The van der Waals surface area contributed by atoms with Crippen LogP contribution in [0.25, 0.3) is 16.6 Å². The SMILES string of the molecule is CCOC1CC(Nc2ccc3cc(S(=O)(=O)N(C)Cc4ccn(-c5ccccc5)n4)ccc3n2)C1. The first-order valence-electron chi connectivity index (χ1n) is 11.8. The molecule has 0 unspecified atom stereocenters. The summed E-state index contributed by atoms with van der Waals surface area (Å²) in [7, 11) is -2.12. The summed E-state index contributed by atoms with van der Waals surface area (Å²) in [6.45, 7) is 2.92. The molecule has 8 nitrogen and oxygen atoms in total. The fraction of sp³-hybridized carbons (Fsp3) is 0.308. The van der Waals surface area contributed by atoms with Crippen molar-refractivity contribution in [3.63, 3.8) is 0 Å². The van der Waals surface area contributed by atoms with Gasteiger partial charge in [0, 0.05) is 31.3 Å². The van der Waals surface area contributed by atoms with E-state index in [2.05, 4.69) is 15.4 Å². The molecule has 1 fully saturated rings. The Balaban J connectivity index is 1.27. The number of fused-ring (bicyclic) bond motifs is 1. The molecule has 2 aromatic carbocycles. The van der Waals surface area contributed by atoms with Crippen LogP contribution in [0.3, 0.4) is 0 Å². The van der Waals surface area contributed by atoms with E-state index in [0.717, 1.165) is 41.9 Å². The summed E-state index contributed by atoms with van der Waals surface area (Å²) in [6, 6.07) is 20.8. The highest BCUT2D eigenvalue weighted by molar-refractivity contribution is 7.89. The van der Waals surface area contributed by atoms with Crippen LogP contribution in [0.1, 0.15) is 25.5 Å². The maximum Gasteiger partial charge on any atom is 0.243 e. The summed E-state index contributed by atoms with van der Waals surface area (Å²) < 4.78 is 35.2. The third-order valence-corrected chi connectivity index (χ3v) is 8.07. The van der Waals surface area contributed by atoms with Gasteiger partial charge in [-0.3, -0.25) is 0 Å². The topological polar surface area (TPSA) is 89.4 Å². The van der Waals surface area contributed by atoms with E-state index in [0.29, 0.717) is 17.8 Å². The van der Waals surface area contributed by atoms with Gasteiger partial charge in [0.05, 0.1) is 34.4 Å². The van der Waals surface area contributed by atoms with Crippen molar-refractivity contribution in [2.24, 2.45) is 0 Å². The van der Waals surface area contributed by atoms with Crippen molar-refractivity contribution < 1.29 is 13.2 Å². The number of rotatable bonds is 9. The molecule has 0 amide bonds. The van der Waals surface area contributed by atoms with Gasteiger partial charge in [0.15, 0.2) is 0 Å². The van der Waals surface area contributed by atoms with E-state index in [1.54, 1.807) is 29.9 Å². The molecule has 1 aliphatic rings. The van der Waals surface area contributed by atoms with Crippen LogP contribution in [0.15, 0.2) is 77.8 Å². The van der Waals surface area contributed by atoms with Gasteiger partial charge in [-0.15, -0.1) is 0 Å². The Kier molecular flexibility index (Phi) is 6.55. The van der Waals surface area contributed by atoms with Gasteiger partial charge in [-0.2, -0.15) is 9.40 Å². The first kappa shape index (κ1) is 23.5. The zero-order valence-corrected chi connectivity index (χ0v) is 20.6. The zero-order valence-electron chi connectivity index (χ0n) is 19.8. The van der Waals surface area contributed by atoms with Gasteiger partial charge >= 0.3 is 0 Å². The molecule has 1 saturated carbocycles. The van der Waals surface area contributed by atoms with Crippen molar-refractivity contribution in [3.8, 4) is 5.69 Å². The molecule has 0 saturated heterocycles. The maximum absolute atomic E-state index is 13.2. The van der Waals surface area contributed by atoms with Gasteiger partial charge in [-0.05, 0) is 68.3 Å². The number of sulfonamides is 1. The fourth-order valence-corrected chi connectivity index (χ4v) is 5.45. The molecule has 2 aromatic heterocycles. The number of nitrogens with one attached hydrogen (secondary N) is 1. The van der Waals surface area contributed by atoms with Gasteiger partial charge in [-0.1, -0.05) is 18.2 Å². The Morgan fingerprint density at radius 1 is 1.09 bits per heavy atom. The predicted octanol–water partition coefficient (Wildman–Crippen LogP) is 4.22. The third kappa shape index (κ3) is 5.07. The van der Waals surface area contributed by atoms with Crippen molar-refractivity contribution >= 4 is 26.7 Å². The Morgan fingerprint density at radius 2 is 1.89 bits per heavy atom. The van der Waals surface area contributed by atoms with Crippen LogP contribution in [0.4, 0.5) is 5.82 Å². The number of nitrogens with zero attached hydrogens (tertiary/aromatic N) is 4. The number of ether oxygens (including phenoxy) is 1. The number of hydrogen-bond acceptors (Lipinski definition) is 6. The third-order valence-electron chi connectivity index (χ3n) is 6.27. The van der Waals surface area contributed by atoms with Gasteiger partial charge < -0.3 is 10.1 Å². The predicted molar refractivity (Wildman–Crippen MR) is 136 cm³/mol. The molecule has 2 heterocycles. The molecular weight excluding hydrogens is 462 g/mol. The Labute approximate surface area is 205 Å². The minimum absolute atomic E-state index is 0.172. The van der Waals surface area contributed by atoms with Crippen LogP contribution < -0.4 is 5.32 Å². The molecule has 0 radical (unpaired) electrons. The van der Waals surface area contributed by atoms with E-state index in [1.165, 1.54) is 4.31 Å². The lowest BCUT2D eigenvalue weighted by molar-refractivity contribution is 0.00293. The number of aromatic nitrogens is 3. The summed E-state index contributed by atoms with van der Waals surface area (Å²) in [4.78, 5) is 4.89. The number of anilines is 1. The van der Waals surface area contributed by atoms with Crippen molar-refractivity contribution in [2.45, 2.75) is 43.4 Å². The minimum atomic E-state index is -3.69. The first-order valence-corrected chi connectivity index (χ1v) is 13.2. The standard InChI is InChI=1S/C26H29N5O3S/c1-3-34-23-16-21(17-23)27-26-12-9-19-15-24(10-11-25(19)28-26)35(32,33)30(2)18-20-13-14-31(29-20)22-7-5-4-6-8-22/h4-15,21,23H,3,16-18H2,1-2H3,(H,27,28). The second kappa shape index (κ2) is 9.77. The summed E-state index contributed by atoms with van der Waals surface area (Å²) in [5.41, 5.74) is 2.34.